The van der Waals surface area contributed by atoms with E-state index in [4.69, 9.17) is 0 Å². The van der Waals surface area contributed by atoms with Crippen molar-refractivity contribution in [3.63, 3.8) is 0 Å². The van der Waals surface area contributed by atoms with Crippen LogP contribution in [0.5, 0.6) is 0 Å². The minimum absolute atomic E-state index is 0.172. The highest BCUT2D eigenvalue weighted by Crippen LogP contribution is 2.55. The number of para-hydroxylation sites is 1. The largest absolute Gasteiger partial charge is 0.310 e. The van der Waals surface area contributed by atoms with Gasteiger partial charge in [-0.25, -0.2) is 0 Å². The Hall–Kier alpha value is -8.52. The molecule has 332 valence electrons. The van der Waals surface area contributed by atoms with E-state index in [-0.39, 0.29) is 10.8 Å². The molecule has 0 amide bonds. The molecule has 13 rings (SSSR count). The number of hydrogen-bond acceptors (Lipinski definition) is 1. The second-order valence-electron chi connectivity index (χ2n) is 19.7. The van der Waals surface area contributed by atoms with E-state index in [2.05, 4.69) is 280 Å². The summed E-state index contributed by atoms with van der Waals surface area (Å²) in [5, 5.41) is 2.50. The van der Waals surface area contributed by atoms with Gasteiger partial charge in [0.1, 0.15) is 0 Å². The summed E-state index contributed by atoms with van der Waals surface area (Å²) in [7, 11) is 0. The zero-order valence-corrected chi connectivity index (χ0v) is 39.7. The van der Waals surface area contributed by atoms with Crippen LogP contribution in [0, 0.1) is 0 Å². The molecule has 0 bridgehead atoms. The van der Waals surface area contributed by atoms with Crippen LogP contribution in [-0.4, -0.2) is 0 Å². The highest BCUT2D eigenvalue weighted by Gasteiger charge is 2.41. The summed E-state index contributed by atoms with van der Waals surface area (Å²) in [4.78, 5) is 2.46. The van der Waals surface area contributed by atoms with Gasteiger partial charge in [-0.2, -0.15) is 0 Å². The van der Waals surface area contributed by atoms with Crippen LogP contribution in [-0.2, 0) is 10.8 Å². The first-order valence-corrected chi connectivity index (χ1v) is 24.6. The van der Waals surface area contributed by atoms with Crippen LogP contribution in [0.25, 0.3) is 77.5 Å². The third-order valence-corrected chi connectivity index (χ3v) is 15.6. The zero-order valence-electron chi connectivity index (χ0n) is 39.7. The van der Waals surface area contributed by atoms with E-state index in [9.17, 15) is 0 Å². The highest BCUT2D eigenvalue weighted by molar-refractivity contribution is 6.06. The molecule has 11 aromatic rings. The molecule has 70 heavy (non-hydrogen) atoms. The van der Waals surface area contributed by atoms with Crippen molar-refractivity contribution in [2.45, 2.75) is 31.6 Å². The number of hydrogen-bond donors (Lipinski definition) is 0. The van der Waals surface area contributed by atoms with E-state index in [0.717, 1.165) is 17.1 Å². The summed E-state index contributed by atoms with van der Waals surface area (Å²) in [6.45, 7) is 7.16. The van der Waals surface area contributed by atoms with Crippen LogP contribution in [0.3, 0.4) is 0 Å². The lowest BCUT2D eigenvalue weighted by Crippen LogP contribution is -2.22. The average Bonchev–Trinajstić information content (AvgIpc) is 3.83. The van der Waals surface area contributed by atoms with Gasteiger partial charge in [0, 0.05) is 27.8 Å². The number of anilines is 3. The summed E-state index contributed by atoms with van der Waals surface area (Å²) in [6.07, 6.45) is 0. The first kappa shape index (κ1) is 41.7. The molecule has 0 spiro atoms. The first-order chi connectivity index (χ1) is 34.4. The van der Waals surface area contributed by atoms with Gasteiger partial charge in [-0.15, -0.1) is 0 Å². The van der Waals surface area contributed by atoms with Crippen LogP contribution in [0.2, 0.25) is 0 Å². The molecule has 0 saturated carbocycles. The number of rotatable bonds is 8. The van der Waals surface area contributed by atoms with Gasteiger partial charge >= 0.3 is 0 Å². The van der Waals surface area contributed by atoms with Crippen LogP contribution >= 0.6 is 0 Å². The summed E-state index contributed by atoms with van der Waals surface area (Å²) in [5.41, 5.74) is 24.7. The van der Waals surface area contributed by atoms with E-state index in [0.29, 0.717) is 0 Å². The predicted octanol–water partition coefficient (Wildman–Crippen LogP) is 18.6. The minimum Gasteiger partial charge on any atom is -0.310 e. The van der Waals surface area contributed by atoms with E-state index >= 15 is 0 Å². The normalized spacial score (nSPS) is 15.0. The van der Waals surface area contributed by atoms with E-state index < -0.39 is 0 Å². The van der Waals surface area contributed by atoms with Crippen LogP contribution < -0.4 is 4.90 Å². The van der Waals surface area contributed by atoms with Gasteiger partial charge in [0.2, 0.25) is 0 Å². The fourth-order valence-corrected chi connectivity index (χ4v) is 12.2. The molecule has 1 unspecified atom stereocenters. The molecule has 2 aliphatic rings. The Kier molecular flexibility index (Phi) is 9.71. The SMILES string of the molecule is CC1(C)c2ccccc2-c2cccc(-c3ccccc3N(c3ccc(-c4ccc5c(c4)C(C)(c4ccccc4)c4ccccc4-5)cc3)c3ccc(-c4cccc5cccc(-c6ccccc6)c45)cc3)c21. The highest BCUT2D eigenvalue weighted by atomic mass is 15.1. The smallest absolute Gasteiger partial charge is 0.0540 e. The van der Waals surface area contributed by atoms with Gasteiger partial charge in [0.05, 0.1) is 5.69 Å². The van der Waals surface area contributed by atoms with Crippen LogP contribution in [0.15, 0.2) is 255 Å². The standard InChI is InChI=1S/C69H51N/c1-68(2)62-32-13-10-26-57(62)60-30-18-31-61(67(60)68)59-27-12-15-34-65(59)70(53-42-37-48(38-43-53)55-29-17-22-49-21-16-28-54(66(49)55)47-19-6-4-7-20-47)52-40-35-46(36-41-52)50-39-44-58-56-25-11-14-33-63(56)69(3,64(58)45-50)51-23-8-5-9-24-51/h4-45H,1-3H3. The Morgan fingerprint density at radius 2 is 0.757 bits per heavy atom. The maximum Gasteiger partial charge on any atom is 0.0540 e. The molecule has 0 fully saturated rings. The average molecular weight is 894 g/mol. The van der Waals surface area contributed by atoms with Gasteiger partial charge in [-0.05, 0) is 143 Å². The fraction of sp³-hybridized carbons (Fsp3) is 0.0725. The maximum atomic E-state index is 2.46. The predicted molar refractivity (Wildman–Crippen MR) is 295 cm³/mol. The maximum absolute atomic E-state index is 2.46. The molecule has 0 saturated heterocycles. The Bertz CT molecular complexity index is 3780. The zero-order chi connectivity index (χ0) is 47.0. The molecular formula is C69H51N. The second kappa shape index (κ2) is 16.3. The Morgan fingerprint density at radius 3 is 1.43 bits per heavy atom. The summed E-state index contributed by atoms with van der Waals surface area (Å²) < 4.78 is 0. The van der Waals surface area contributed by atoms with E-state index in [1.54, 1.807) is 0 Å². The van der Waals surface area contributed by atoms with E-state index in [1.165, 1.54) is 105 Å². The fourth-order valence-electron chi connectivity index (χ4n) is 12.2. The number of fused-ring (bicyclic) bond motifs is 7. The van der Waals surface area contributed by atoms with Gasteiger partial charge in [0.15, 0.2) is 0 Å². The summed E-state index contributed by atoms with van der Waals surface area (Å²) in [6, 6.07) is 94.4. The third-order valence-electron chi connectivity index (χ3n) is 15.6. The lowest BCUT2D eigenvalue weighted by atomic mass is 9.74. The quantitative estimate of drug-likeness (QED) is 0.147. The van der Waals surface area contributed by atoms with Crippen molar-refractivity contribution >= 4 is 27.8 Å². The van der Waals surface area contributed by atoms with E-state index in [1.807, 2.05) is 0 Å². The van der Waals surface area contributed by atoms with Crippen LogP contribution in [0.1, 0.15) is 48.6 Å². The van der Waals surface area contributed by atoms with Crippen LogP contribution in [0.4, 0.5) is 17.1 Å². The Balaban J connectivity index is 0.951. The molecule has 0 heterocycles. The lowest BCUT2D eigenvalue weighted by molar-refractivity contribution is 0.662. The molecule has 1 nitrogen and oxygen atoms in total. The second-order valence-corrected chi connectivity index (χ2v) is 19.7. The summed E-state index contributed by atoms with van der Waals surface area (Å²) in [5.74, 6) is 0. The van der Waals surface area contributed by atoms with Crippen molar-refractivity contribution in [3.8, 4) is 66.8 Å². The molecule has 11 aromatic carbocycles. The molecular weight excluding hydrogens is 843 g/mol. The number of benzene rings is 11. The van der Waals surface area contributed by atoms with Gasteiger partial charge < -0.3 is 4.90 Å². The van der Waals surface area contributed by atoms with Crippen molar-refractivity contribution in [3.05, 3.63) is 283 Å². The molecule has 0 N–H and O–H groups in total. The third kappa shape index (κ3) is 6.46. The number of nitrogens with zero attached hydrogens (tertiary/aromatic N) is 1. The van der Waals surface area contributed by atoms with Gasteiger partial charge in [-0.3, -0.25) is 0 Å². The summed E-state index contributed by atoms with van der Waals surface area (Å²) >= 11 is 0. The molecule has 1 heteroatoms. The minimum atomic E-state index is -0.265. The first-order valence-electron chi connectivity index (χ1n) is 24.6. The monoisotopic (exact) mass is 893 g/mol. The van der Waals surface area contributed by atoms with Gasteiger partial charge in [-0.1, -0.05) is 232 Å². The van der Waals surface area contributed by atoms with Crippen molar-refractivity contribution in [2.24, 2.45) is 0 Å². The molecule has 0 aliphatic heterocycles. The molecule has 0 radical (unpaired) electrons. The molecule has 1 atom stereocenters. The lowest BCUT2D eigenvalue weighted by Gasteiger charge is -2.30. The van der Waals surface area contributed by atoms with Crippen molar-refractivity contribution in [1.29, 1.82) is 0 Å². The van der Waals surface area contributed by atoms with Crippen molar-refractivity contribution in [2.75, 3.05) is 4.90 Å². The van der Waals surface area contributed by atoms with Gasteiger partial charge in [0.25, 0.3) is 0 Å². The molecule has 0 aromatic heterocycles. The van der Waals surface area contributed by atoms with Crippen molar-refractivity contribution in [1.82, 2.24) is 0 Å². The van der Waals surface area contributed by atoms with Crippen molar-refractivity contribution < 1.29 is 0 Å². The molecule has 2 aliphatic carbocycles. The topological polar surface area (TPSA) is 3.24 Å². The Morgan fingerprint density at radius 1 is 0.300 bits per heavy atom. The Labute approximate surface area is 411 Å².